The number of nitriles is 1. The van der Waals surface area contributed by atoms with Crippen molar-refractivity contribution >= 4 is 52.5 Å². The van der Waals surface area contributed by atoms with Gasteiger partial charge >= 0.3 is 0 Å². The van der Waals surface area contributed by atoms with Crippen molar-refractivity contribution < 1.29 is 14.3 Å². The third-order valence-electron chi connectivity index (χ3n) is 5.54. The third-order valence-corrected chi connectivity index (χ3v) is 7.54. The zero-order valence-electron chi connectivity index (χ0n) is 19.2. The van der Waals surface area contributed by atoms with Gasteiger partial charge in [-0.2, -0.15) is 5.26 Å². The van der Waals surface area contributed by atoms with Crippen molar-refractivity contribution in [2.75, 3.05) is 12.0 Å². The molecule has 182 valence electrons. The Morgan fingerprint density at radius 2 is 1.78 bits per heavy atom. The average molecular weight is 538 g/mol. The van der Waals surface area contributed by atoms with Crippen LogP contribution in [0, 0.1) is 11.3 Å². The summed E-state index contributed by atoms with van der Waals surface area (Å²) in [6.07, 6.45) is 0.348. The van der Waals surface area contributed by atoms with Gasteiger partial charge < -0.3 is 10.1 Å². The van der Waals surface area contributed by atoms with Crippen LogP contribution in [0.1, 0.15) is 11.1 Å². The Bertz CT molecular complexity index is 1350. The van der Waals surface area contributed by atoms with E-state index in [9.17, 15) is 14.9 Å². The Labute approximate surface area is 223 Å². The zero-order chi connectivity index (χ0) is 25.7. The summed E-state index contributed by atoms with van der Waals surface area (Å²) in [6.45, 7) is 0.256. The van der Waals surface area contributed by atoms with E-state index in [0.717, 1.165) is 11.1 Å². The van der Waals surface area contributed by atoms with Crippen molar-refractivity contribution in [2.45, 2.75) is 18.2 Å². The van der Waals surface area contributed by atoms with Gasteiger partial charge in [-0.15, -0.1) is 0 Å². The summed E-state index contributed by atoms with van der Waals surface area (Å²) >= 11 is 13.4. The minimum atomic E-state index is -0.565. The van der Waals surface area contributed by atoms with Gasteiger partial charge in [-0.3, -0.25) is 14.5 Å². The average Bonchev–Trinajstić information content (AvgIpc) is 3.21. The van der Waals surface area contributed by atoms with E-state index in [1.165, 1.54) is 16.7 Å². The SMILES string of the molecule is COc1ccc(N2C(=O)C(Cc3ccc(Cl)c(Cl)c3)S/C2=C(/C#N)C(=O)NCc2ccccc2)cc1. The number of carbonyl (C=O) groups excluding carboxylic acids is 2. The molecule has 1 atom stereocenters. The van der Waals surface area contributed by atoms with Crippen LogP contribution in [0.4, 0.5) is 5.69 Å². The lowest BCUT2D eigenvalue weighted by atomic mass is 10.1. The quantitative estimate of drug-likeness (QED) is 0.306. The number of rotatable bonds is 7. The maximum absolute atomic E-state index is 13.6. The molecule has 4 rings (SSSR count). The second kappa shape index (κ2) is 11.5. The van der Waals surface area contributed by atoms with Crippen LogP contribution in [0.25, 0.3) is 0 Å². The lowest BCUT2D eigenvalue weighted by molar-refractivity contribution is -0.117. The molecule has 0 spiro atoms. The van der Waals surface area contributed by atoms with Crippen LogP contribution in [0.5, 0.6) is 5.75 Å². The van der Waals surface area contributed by atoms with Gasteiger partial charge in [0.25, 0.3) is 5.91 Å². The Morgan fingerprint density at radius 1 is 1.06 bits per heavy atom. The number of ether oxygens (including phenoxy) is 1. The lowest BCUT2D eigenvalue weighted by Gasteiger charge is -2.19. The van der Waals surface area contributed by atoms with Gasteiger partial charge in [0.2, 0.25) is 5.91 Å². The van der Waals surface area contributed by atoms with Crippen molar-refractivity contribution in [1.29, 1.82) is 5.26 Å². The Balaban J connectivity index is 1.68. The summed E-state index contributed by atoms with van der Waals surface area (Å²) in [4.78, 5) is 28.1. The molecule has 1 saturated heterocycles. The van der Waals surface area contributed by atoms with Crippen LogP contribution in [-0.4, -0.2) is 24.2 Å². The van der Waals surface area contributed by atoms with E-state index >= 15 is 0 Å². The summed E-state index contributed by atoms with van der Waals surface area (Å²) < 4.78 is 5.23. The predicted octanol–water partition coefficient (Wildman–Crippen LogP) is 5.74. The lowest BCUT2D eigenvalue weighted by Crippen LogP contribution is -2.32. The number of nitrogens with one attached hydrogen (secondary N) is 1. The molecule has 36 heavy (non-hydrogen) atoms. The Morgan fingerprint density at radius 3 is 2.42 bits per heavy atom. The maximum Gasteiger partial charge on any atom is 0.264 e. The number of amides is 2. The van der Waals surface area contributed by atoms with Crippen molar-refractivity contribution in [3.63, 3.8) is 0 Å². The fourth-order valence-corrected chi connectivity index (χ4v) is 5.33. The molecule has 9 heteroatoms. The van der Waals surface area contributed by atoms with Crippen molar-refractivity contribution in [3.8, 4) is 11.8 Å². The minimum absolute atomic E-state index is 0.128. The van der Waals surface area contributed by atoms with E-state index in [-0.39, 0.29) is 23.1 Å². The number of carbonyl (C=O) groups is 2. The molecule has 0 aliphatic carbocycles. The number of hydrogen-bond acceptors (Lipinski definition) is 5. The summed E-state index contributed by atoms with van der Waals surface area (Å²) in [6, 6.07) is 23.5. The van der Waals surface area contributed by atoms with Crippen LogP contribution >= 0.6 is 35.0 Å². The van der Waals surface area contributed by atoms with Gasteiger partial charge in [0.15, 0.2) is 0 Å². The molecule has 3 aromatic rings. The molecule has 2 amide bonds. The highest BCUT2D eigenvalue weighted by Crippen LogP contribution is 2.42. The molecule has 0 saturated carbocycles. The first-order valence-electron chi connectivity index (χ1n) is 11.0. The largest absolute Gasteiger partial charge is 0.497 e. The first kappa shape index (κ1) is 25.6. The molecule has 3 aromatic carbocycles. The number of halogens is 2. The van der Waals surface area contributed by atoms with Gasteiger partial charge in [-0.1, -0.05) is 71.4 Å². The number of benzene rings is 3. The van der Waals surface area contributed by atoms with E-state index in [2.05, 4.69) is 5.32 Å². The van der Waals surface area contributed by atoms with E-state index < -0.39 is 11.2 Å². The highest BCUT2D eigenvalue weighted by Gasteiger charge is 2.40. The molecular formula is C27H21Cl2N3O3S. The molecule has 1 fully saturated rings. The van der Waals surface area contributed by atoms with Gasteiger partial charge in [0.1, 0.15) is 22.4 Å². The molecule has 1 aliphatic rings. The predicted molar refractivity (Wildman–Crippen MR) is 143 cm³/mol. The van der Waals surface area contributed by atoms with E-state index in [4.69, 9.17) is 27.9 Å². The molecule has 1 heterocycles. The summed E-state index contributed by atoms with van der Waals surface area (Å²) in [7, 11) is 1.55. The first-order chi connectivity index (χ1) is 17.4. The standard InChI is InChI=1S/C27H21Cl2N3O3S/c1-35-20-10-8-19(9-11-20)32-26(34)24(14-18-7-12-22(28)23(29)13-18)36-27(32)21(15-30)25(33)31-16-17-5-3-2-4-6-17/h2-13,24H,14,16H2,1H3,(H,31,33)/b27-21-. The summed E-state index contributed by atoms with van der Waals surface area (Å²) in [5.41, 5.74) is 2.12. The molecule has 1 N–H and O–H groups in total. The highest BCUT2D eigenvalue weighted by molar-refractivity contribution is 8.05. The summed E-state index contributed by atoms with van der Waals surface area (Å²) in [5.74, 6) is -0.169. The van der Waals surface area contributed by atoms with Crippen LogP contribution in [0.2, 0.25) is 10.0 Å². The fourth-order valence-electron chi connectivity index (χ4n) is 3.70. The van der Waals surface area contributed by atoms with Crippen molar-refractivity contribution in [3.05, 3.63) is 105 Å². The number of hydrogen-bond donors (Lipinski definition) is 1. The van der Waals surface area contributed by atoms with Crippen LogP contribution in [0.3, 0.4) is 0 Å². The molecule has 1 unspecified atom stereocenters. The molecule has 6 nitrogen and oxygen atoms in total. The van der Waals surface area contributed by atoms with Crippen LogP contribution in [0.15, 0.2) is 83.4 Å². The number of nitrogens with zero attached hydrogens (tertiary/aromatic N) is 2. The first-order valence-corrected chi connectivity index (χ1v) is 12.6. The molecule has 0 aromatic heterocycles. The second-order valence-corrected chi connectivity index (χ2v) is 9.90. The summed E-state index contributed by atoms with van der Waals surface area (Å²) in [5, 5.41) is 13.3. The maximum atomic E-state index is 13.6. The Hall–Kier alpha value is -3.44. The highest BCUT2D eigenvalue weighted by atomic mass is 35.5. The monoisotopic (exact) mass is 537 g/mol. The molecule has 0 radical (unpaired) electrons. The minimum Gasteiger partial charge on any atom is -0.497 e. The van der Waals surface area contributed by atoms with Gasteiger partial charge in [-0.05, 0) is 53.9 Å². The van der Waals surface area contributed by atoms with Crippen molar-refractivity contribution in [2.24, 2.45) is 0 Å². The smallest absolute Gasteiger partial charge is 0.264 e. The Kier molecular flexibility index (Phi) is 8.21. The van der Waals surface area contributed by atoms with Crippen LogP contribution < -0.4 is 15.0 Å². The number of thioether (sulfide) groups is 1. The zero-order valence-corrected chi connectivity index (χ0v) is 21.5. The third kappa shape index (κ3) is 5.68. The fraction of sp³-hybridized carbons (Fsp3) is 0.148. The van der Waals surface area contributed by atoms with E-state index in [0.29, 0.717) is 27.9 Å². The second-order valence-electron chi connectivity index (χ2n) is 7.89. The normalized spacial score (nSPS) is 16.4. The van der Waals surface area contributed by atoms with Crippen molar-refractivity contribution in [1.82, 2.24) is 5.32 Å². The molecule has 0 bridgehead atoms. The van der Waals surface area contributed by atoms with Gasteiger partial charge in [0.05, 0.1) is 22.4 Å². The molecular weight excluding hydrogens is 517 g/mol. The van der Waals surface area contributed by atoms with Gasteiger partial charge in [0, 0.05) is 12.2 Å². The molecule has 1 aliphatic heterocycles. The van der Waals surface area contributed by atoms with Gasteiger partial charge in [-0.25, -0.2) is 0 Å². The number of anilines is 1. The topological polar surface area (TPSA) is 82.4 Å². The van der Waals surface area contributed by atoms with Crippen LogP contribution in [-0.2, 0) is 22.6 Å². The number of methoxy groups -OCH3 is 1. The van der Waals surface area contributed by atoms with E-state index in [1.807, 2.05) is 36.4 Å². The van der Waals surface area contributed by atoms with E-state index in [1.54, 1.807) is 49.6 Å².